The minimum absolute atomic E-state index is 0.0700. The van der Waals surface area contributed by atoms with E-state index in [1.54, 1.807) is 5.38 Å². The van der Waals surface area contributed by atoms with Gasteiger partial charge in [0.1, 0.15) is 5.69 Å². The first-order valence-electron chi connectivity index (χ1n) is 4.89. The van der Waals surface area contributed by atoms with E-state index in [1.165, 1.54) is 24.4 Å². The number of carbonyl (C=O) groups excluding carboxylic acids is 1. The van der Waals surface area contributed by atoms with Crippen molar-refractivity contribution in [3.63, 3.8) is 0 Å². The second-order valence-corrected chi connectivity index (χ2v) is 4.06. The molecular weight excluding hydrogens is 196 g/mol. The summed E-state index contributed by atoms with van der Waals surface area (Å²) in [6.07, 6.45) is 7.54. The molecule has 1 aromatic heterocycles. The number of nitrogens with zero attached hydrogens (tertiary/aromatic N) is 2. The number of ketones is 1. The van der Waals surface area contributed by atoms with Crippen molar-refractivity contribution in [2.24, 2.45) is 0 Å². The molecule has 0 saturated carbocycles. The molecule has 0 aliphatic heterocycles. The molecule has 1 aliphatic carbocycles. The zero-order chi connectivity index (χ0) is 9.80. The summed E-state index contributed by atoms with van der Waals surface area (Å²) in [5.74, 6) is 0.0700. The van der Waals surface area contributed by atoms with Crippen molar-refractivity contribution in [3.05, 3.63) is 22.7 Å². The first-order valence-corrected chi connectivity index (χ1v) is 5.72. The Bertz CT molecular complexity index is 343. The van der Waals surface area contributed by atoms with Crippen molar-refractivity contribution in [1.29, 1.82) is 0 Å². The third kappa shape index (κ3) is 2.07. The fourth-order valence-corrected chi connectivity index (χ4v) is 2.09. The summed E-state index contributed by atoms with van der Waals surface area (Å²) in [7, 11) is 0. The summed E-state index contributed by atoms with van der Waals surface area (Å²) in [5, 5.41) is 5.52. The van der Waals surface area contributed by atoms with Gasteiger partial charge in [0, 0.05) is 5.38 Å². The zero-order valence-corrected chi connectivity index (χ0v) is 8.72. The van der Waals surface area contributed by atoms with Gasteiger partial charge in [-0.2, -0.15) is 0 Å². The molecule has 74 valence electrons. The quantitative estimate of drug-likeness (QED) is 0.702. The van der Waals surface area contributed by atoms with Gasteiger partial charge in [-0.3, -0.25) is 4.79 Å². The lowest BCUT2D eigenvalue weighted by atomic mass is 10.0. The maximum atomic E-state index is 11.8. The Kier molecular flexibility index (Phi) is 3.03. The van der Waals surface area contributed by atoms with Crippen LogP contribution in [0.4, 0.5) is 0 Å². The zero-order valence-electron chi connectivity index (χ0n) is 7.90. The minimum atomic E-state index is 0.0700. The van der Waals surface area contributed by atoms with E-state index in [-0.39, 0.29) is 5.78 Å². The monoisotopic (exact) mass is 208 g/mol. The van der Waals surface area contributed by atoms with Crippen molar-refractivity contribution < 1.29 is 4.79 Å². The molecule has 0 bridgehead atoms. The maximum Gasteiger partial charge on any atom is 0.209 e. The van der Waals surface area contributed by atoms with Crippen LogP contribution < -0.4 is 0 Å². The number of Topliss-reactive ketones (excluding diaryl/α,β-unsaturated/α-hetero) is 1. The molecule has 0 spiro atoms. The number of hydrogen-bond acceptors (Lipinski definition) is 4. The molecule has 0 atom stereocenters. The minimum Gasteiger partial charge on any atom is -0.287 e. The Balaban J connectivity index is 2.14. The van der Waals surface area contributed by atoms with Gasteiger partial charge in [-0.15, -0.1) is 5.10 Å². The SMILES string of the molecule is O=C(C1=CCCCCC1)c1csnn1. The molecule has 0 saturated heterocycles. The highest BCUT2D eigenvalue weighted by Gasteiger charge is 2.15. The number of hydrogen-bond donors (Lipinski definition) is 0. The summed E-state index contributed by atoms with van der Waals surface area (Å²) in [6.45, 7) is 0. The molecule has 1 aliphatic rings. The van der Waals surface area contributed by atoms with E-state index in [0.29, 0.717) is 5.69 Å². The highest BCUT2D eigenvalue weighted by Crippen LogP contribution is 2.20. The first-order chi connectivity index (χ1) is 6.88. The lowest BCUT2D eigenvalue weighted by Gasteiger charge is -1.99. The van der Waals surface area contributed by atoms with Crippen LogP contribution in [0.2, 0.25) is 0 Å². The van der Waals surface area contributed by atoms with Gasteiger partial charge < -0.3 is 0 Å². The highest BCUT2D eigenvalue weighted by atomic mass is 32.1. The standard InChI is InChI=1S/C10H12N2OS/c13-10(9-7-14-12-11-9)8-5-3-1-2-4-6-8/h5,7H,1-4,6H2. The van der Waals surface area contributed by atoms with Gasteiger partial charge in [-0.25, -0.2) is 0 Å². The second-order valence-electron chi connectivity index (χ2n) is 3.45. The van der Waals surface area contributed by atoms with E-state index in [2.05, 4.69) is 15.7 Å². The van der Waals surface area contributed by atoms with Crippen LogP contribution in [0.15, 0.2) is 17.0 Å². The van der Waals surface area contributed by atoms with E-state index in [1.807, 2.05) is 0 Å². The van der Waals surface area contributed by atoms with E-state index in [4.69, 9.17) is 0 Å². The van der Waals surface area contributed by atoms with Crippen molar-refractivity contribution in [2.45, 2.75) is 32.1 Å². The second kappa shape index (κ2) is 4.46. The van der Waals surface area contributed by atoms with Gasteiger partial charge in [0.05, 0.1) is 0 Å². The Morgan fingerprint density at radius 2 is 2.29 bits per heavy atom. The molecule has 2 rings (SSSR count). The fourth-order valence-electron chi connectivity index (χ4n) is 1.65. The van der Waals surface area contributed by atoms with Crippen LogP contribution >= 0.6 is 11.5 Å². The van der Waals surface area contributed by atoms with Crippen LogP contribution in [-0.2, 0) is 0 Å². The summed E-state index contributed by atoms with van der Waals surface area (Å²) in [5.41, 5.74) is 1.43. The molecule has 3 nitrogen and oxygen atoms in total. The third-order valence-corrected chi connectivity index (χ3v) is 2.93. The number of rotatable bonds is 2. The summed E-state index contributed by atoms with van der Waals surface area (Å²) in [6, 6.07) is 0. The average Bonchev–Trinajstić information content (AvgIpc) is 2.59. The van der Waals surface area contributed by atoms with E-state index < -0.39 is 0 Å². The Morgan fingerprint density at radius 1 is 1.36 bits per heavy atom. The largest absolute Gasteiger partial charge is 0.287 e. The average molecular weight is 208 g/mol. The smallest absolute Gasteiger partial charge is 0.209 e. The van der Waals surface area contributed by atoms with Crippen LogP contribution in [0.25, 0.3) is 0 Å². The molecular formula is C10H12N2OS. The Hall–Kier alpha value is -1.03. The molecule has 0 unspecified atom stereocenters. The third-order valence-electron chi connectivity index (χ3n) is 2.43. The van der Waals surface area contributed by atoms with Crippen LogP contribution in [-0.4, -0.2) is 15.4 Å². The lowest BCUT2D eigenvalue weighted by molar-refractivity contribution is 0.102. The lowest BCUT2D eigenvalue weighted by Crippen LogP contribution is -2.03. The van der Waals surface area contributed by atoms with Crippen LogP contribution in [0, 0.1) is 0 Å². The molecule has 0 aromatic carbocycles. The van der Waals surface area contributed by atoms with Gasteiger partial charge in [0.15, 0.2) is 0 Å². The van der Waals surface area contributed by atoms with Crippen LogP contribution in [0.5, 0.6) is 0 Å². The molecule has 1 heterocycles. The molecule has 14 heavy (non-hydrogen) atoms. The molecule has 0 fully saturated rings. The normalized spacial score (nSPS) is 17.3. The van der Waals surface area contributed by atoms with Gasteiger partial charge >= 0.3 is 0 Å². The highest BCUT2D eigenvalue weighted by molar-refractivity contribution is 7.03. The predicted octanol–water partition coefficient (Wildman–Crippen LogP) is 2.61. The molecule has 4 heteroatoms. The van der Waals surface area contributed by atoms with Crippen molar-refractivity contribution in [2.75, 3.05) is 0 Å². The Labute approximate surface area is 87.0 Å². The van der Waals surface area contributed by atoms with E-state index >= 15 is 0 Å². The number of aromatic nitrogens is 2. The molecule has 0 N–H and O–H groups in total. The number of carbonyl (C=O) groups is 1. The van der Waals surface area contributed by atoms with E-state index in [9.17, 15) is 4.79 Å². The van der Waals surface area contributed by atoms with Gasteiger partial charge in [-0.1, -0.05) is 17.0 Å². The maximum absolute atomic E-state index is 11.8. The predicted molar refractivity (Wildman–Crippen MR) is 55.4 cm³/mol. The van der Waals surface area contributed by atoms with Crippen molar-refractivity contribution in [1.82, 2.24) is 9.59 Å². The summed E-state index contributed by atoms with van der Waals surface area (Å²) in [4.78, 5) is 11.8. The summed E-state index contributed by atoms with van der Waals surface area (Å²) < 4.78 is 3.71. The van der Waals surface area contributed by atoms with E-state index in [0.717, 1.165) is 24.8 Å². The molecule has 0 radical (unpaired) electrons. The summed E-state index contributed by atoms with van der Waals surface area (Å²) >= 11 is 1.23. The van der Waals surface area contributed by atoms with Crippen LogP contribution in [0.3, 0.4) is 0 Å². The number of allylic oxidation sites excluding steroid dienone is 2. The van der Waals surface area contributed by atoms with Crippen molar-refractivity contribution in [3.8, 4) is 0 Å². The first kappa shape index (κ1) is 9.52. The topological polar surface area (TPSA) is 42.9 Å². The molecule has 1 aromatic rings. The van der Waals surface area contributed by atoms with Gasteiger partial charge in [-0.05, 0) is 42.8 Å². The Morgan fingerprint density at radius 3 is 3.07 bits per heavy atom. The molecule has 0 amide bonds. The van der Waals surface area contributed by atoms with Crippen molar-refractivity contribution >= 4 is 17.3 Å². The fraction of sp³-hybridized carbons (Fsp3) is 0.500. The van der Waals surface area contributed by atoms with Gasteiger partial charge in [0.2, 0.25) is 5.78 Å². The van der Waals surface area contributed by atoms with Gasteiger partial charge in [0.25, 0.3) is 0 Å². The van der Waals surface area contributed by atoms with Crippen LogP contribution in [0.1, 0.15) is 42.6 Å².